The Morgan fingerprint density at radius 3 is 2.24 bits per heavy atom. The van der Waals surface area contributed by atoms with Crippen molar-refractivity contribution in [1.29, 1.82) is 0 Å². The van der Waals surface area contributed by atoms with Gasteiger partial charge in [-0.05, 0) is 18.3 Å². The summed E-state index contributed by atoms with van der Waals surface area (Å²) in [5.41, 5.74) is 0. The Morgan fingerprint density at radius 2 is 1.82 bits per heavy atom. The summed E-state index contributed by atoms with van der Waals surface area (Å²) in [6.07, 6.45) is -0.591. The van der Waals surface area contributed by atoms with Crippen LogP contribution in [0.1, 0.15) is 27.2 Å². The lowest BCUT2D eigenvalue weighted by Crippen LogP contribution is -2.33. The van der Waals surface area contributed by atoms with E-state index in [0.717, 1.165) is 0 Å². The van der Waals surface area contributed by atoms with E-state index in [-0.39, 0.29) is 30.4 Å². The molecule has 0 aliphatic heterocycles. The van der Waals surface area contributed by atoms with Gasteiger partial charge in [0.2, 0.25) is 0 Å². The monoisotopic (exact) mass is 266 g/mol. The average Bonchev–Trinajstić information content (AvgIpc) is 2.25. The number of hydrogen-bond acceptors (Lipinski definition) is 4. The van der Waals surface area contributed by atoms with Gasteiger partial charge in [-0.1, -0.05) is 20.8 Å². The smallest absolute Gasteiger partial charge is 0.196 e. The SMILES string of the molecule is C[C@@H](CO)C[C@H](C)[C@H](O)[C@@H](C)C(=O)C[PH](=O)O. The van der Waals surface area contributed by atoms with Crippen LogP contribution in [0.3, 0.4) is 0 Å². The fourth-order valence-electron chi connectivity index (χ4n) is 1.84. The van der Waals surface area contributed by atoms with E-state index in [1.807, 2.05) is 13.8 Å². The van der Waals surface area contributed by atoms with E-state index in [1.165, 1.54) is 0 Å². The first-order valence-corrected chi connectivity index (χ1v) is 7.39. The zero-order valence-corrected chi connectivity index (χ0v) is 11.6. The van der Waals surface area contributed by atoms with Crippen LogP contribution in [0.25, 0.3) is 0 Å². The molecule has 5 nitrogen and oxygen atoms in total. The molecule has 0 saturated heterocycles. The molecule has 1 unspecified atom stereocenters. The molecule has 0 aromatic carbocycles. The molecule has 5 atom stereocenters. The summed E-state index contributed by atoms with van der Waals surface area (Å²) in [6, 6.07) is 0. The third-order valence-electron chi connectivity index (χ3n) is 3.01. The number of carbonyl (C=O) groups excluding carboxylic acids is 1. The number of aliphatic hydroxyl groups is 2. The molecule has 0 fully saturated rings. The van der Waals surface area contributed by atoms with Gasteiger partial charge in [0.05, 0.1) is 12.3 Å². The molecule has 0 amide bonds. The van der Waals surface area contributed by atoms with E-state index >= 15 is 0 Å². The zero-order valence-electron chi connectivity index (χ0n) is 10.6. The molecular weight excluding hydrogens is 243 g/mol. The number of Topliss-reactive ketones (excluding diaryl/α,β-unsaturated/α-hetero) is 1. The summed E-state index contributed by atoms with van der Waals surface area (Å²) in [7, 11) is -2.81. The molecule has 0 saturated carbocycles. The third kappa shape index (κ3) is 6.32. The second-order valence-electron chi connectivity index (χ2n) is 4.82. The maximum absolute atomic E-state index is 11.5. The van der Waals surface area contributed by atoms with Crippen molar-refractivity contribution in [2.24, 2.45) is 17.8 Å². The van der Waals surface area contributed by atoms with Gasteiger partial charge in [-0.3, -0.25) is 9.36 Å². The van der Waals surface area contributed by atoms with E-state index in [1.54, 1.807) is 6.92 Å². The first-order chi connectivity index (χ1) is 7.79. The van der Waals surface area contributed by atoms with Crippen molar-refractivity contribution in [3.63, 3.8) is 0 Å². The molecule has 0 spiro atoms. The van der Waals surface area contributed by atoms with Gasteiger partial charge in [0, 0.05) is 12.5 Å². The molecule has 0 radical (unpaired) electrons. The van der Waals surface area contributed by atoms with Gasteiger partial charge < -0.3 is 15.1 Å². The molecule has 0 aromatic rings. The highest BCUT2D eigenvalue weighted by molar-refractivity contribution is 7.39. The molecule has 0 aliphatic carbocycles. The van der Waals surface area contributed by atoms with Gasteiger partial charge in [-0.25, -0.2) is 0 Å². The second kappa shape index (κ2) is 7.98. The summed E-state index contributed by atoms with van der Waals surface area (Å²) in [4.78, 5) is 20.2. The maximum Gasteiger partial charge on any atom is 0.196 e. The molecule has 0 aromatic heterocycles. The Kier molecular flexibility index (Phi) is 7.88. The maximum atomic E-state index is 11.5. The number of hydrogen-bond donors (Lipinski definition) is 3. The van der Waals surface area contributed by atoms with E-state index in [9.17, 15) is 14.5 Å². The number of carbonyl (C=O) groups is 1. The fraction of sp³-hybridized carbons (Fsp3) is 0.909. The van der Waals surface area contributed by atoms with Crippen molar-refractivity contribution >= 4 is 13.8 Å². The van der Waals surface area contributed by atoms with Gasteiger partial charge in [0.1, 0.15) is 5.78 Å². The molecule has 6 heteroatoms. The van der Waals surface area contributed by atoms with Crippen LogP contribution < -0.4 is 0 Å². The highest BCUT2D eigenvalue weighted by Crippen LogP contribution is 2.23. The fourth-order valence-corrected chi connectivity index (χ4v) is 2.46. The second-order valence-corrected chi connectivity index (χ2v) is 5.96. The van der Waals surface area contributed by atoms with Crippen LogP contribution in [-0.4, -0.2) is 39.8 Å². The lowest BCUT2D eigenvalue weighted by Gasteiger charge is -2.25. The largest absolute Gasteiger partial charge is 0.396 e. The van der Waals surface area contributed by atoms with Crippen LogP contribution in [0.5, 0.6) is 0 Å². The van der Waals surface area contributed by atoms with Crippen LogP contribution >= 0.6 is 8.03 Å². The van der Waals surface area contributed by atoms with Crippen LogP contribution in [0.15, 0.2) is 0 Å². The Balaban J connectivity index is 4.32. The predicted molar refractivity (Wildman–Crippen MR) is 66.3 cm³/mol. The molecular formula is C11H23O5P. The Hall–Kier alpha value is -0.220. The van der Waals surface area contributed by atoms with Crippen LogP contribution in [0.2, 0.25) is 0 Å². The van der Waals surface area contributed by atoms with Gasteiger partial charge in [0.25, 0.3) is 0 Å². The molecule has 3 N–H and O–H groups in total. The minimum absolute atomic E-state index is 0.0454. The van der Waals surface area contributed by atoms with Crippen LogP contribution in [0, 0.1) is 17.8 Å². The first kappa shape index (κ1) is 16.8. The normalized spacial score (nSPS) is 20.4. The van der Waals surface area contributed by atoms with Crippen molar-refractivity contribution in [2.75, 3.05) is 12.8 Å². The van der Waals surface area contributed by atoms with Crippen molar-refractivity contribution in [2.45, 2.75) is 33.3 Å². The van der Waals surface area contributed by atoms with E-state index in [0.29, 0.717) is 6.42 Å². The Morgan fingerprint density at radius 1 is 1.29 bits per heavy atom. The standard InChI is InChI=1S/C11H23O5P/c1-7(5-12)4-8(2)11(14)9(3)10(13)6-17(15)16/h7-9,11-12,14,17H,4-6H2,1-3H3,(H,15,16)/t7-,8+,9+,11+/m1/s1. The van der Waals surface area contributed by atoms with E-state index in [4.69, 9.17) is 10.00 Å². The molecule has 0 bridgehead atoms. The van der Waals surface area contributed by atoms with Crippen molar-refractivity contribution in [3.8, 4) is 0 Å². The number of ketones is 1. The quantitative estimate of drug-likeness (QED) is 0.561. The molecule has 17 heavy (non-hydrogen) atoms. The molecule has 102 valence electrons. The summed E-state index contributed by atoms with van der Waals surface area (Å²) in [6.45, 7) is 5.28. The lowest BCUT2D eigenvalue weighted by atomic mass is 9.85. The minimum atomic E-state index is -2.81. The van der Waals surface area contributed by atoms with E-state index in [2.05, 4.69) is 0 Å². The van der Waals surface area contributed by atoms with Crippen molar-refractivity contribution in [1.82, 2.24) is 0 Å². The van der Waals surface area contributed by atoms with E-state index < -0.39 is 20.0 Å². The van der Waals surface area contributed by atoms with Crippen LogP contribution in [0.4, 0.5) is 0 Å². The van der Waals surface area contributed by atoms with Crippen LogP contribution in [-0.2, 0) is 9.36 Å². The lowest BCUT2D eigenvalue weighted by molar-refractivity contribution is -0.124. The number of aliphatic hydroxyl groups excluding tert-OH is 2. The Labute approximate surface area is 103 Å². The molecule has 0 aliphatic rings. The van der Waals surface area contributed by atoms with Gasteiger partial charge >= 0.3 is 0 Å². The minimum Gasteiger partial charge on any atom is -0.396 e. The summed E-state index contributed by atoms with van der Waals surface area (Å²) in [5.74, 6) is -1.08. The van der Waals surface area contributed by atoms with Gasteiger partial charge in [0.15, 0.2) is 8.03 Å². The van der Waals surface area contributed by atoms with Gasteiger partial charge in [-0.2, -0.15) is 0 Å². The highest BCUT2D eigenvalue weighted by Gasteiger charge is 2.28. The summed E-state index contributed by atoms with van der Waals surface area (Å²) >= 11 is 0. The third-order valence-corrected chi connectivity index (χ3v) is 3.67. The first-order valence-electron chi connectivity index (χ1n) is 5.83. The Bertz CT molecular complexity index is 269. The predicted octanol–water partition coefficient (Wildman–Crippen LogP) is 0.674. The molecule has 0 heterocycles. The van der Waals surface area contributed by atoms with Gasteiger partial charge in [-0.15, -0.1) is 0 Å². The van der Waals surface area contributed by atoms with Crippen molar-refractivity contribution < 1.29 is 24.5 Å². The topological polar surface area (TPSA) is 94.8 Å². The number of rotatable bonds is 8. The molecule has 0 rings (SSSR count). The average molecular weight is 266 g/mol. The summed E-state index contributed by atoms with van der Waals surface area (Å²) < 4.78 is 10.6. The van der Waals surface area contributed by atoms with Crippen molar-refractivity contribution in [3.05, 3.63) is 0 Å². The highest BCUT2D eigenvalue weighted by atomic mass is 31.1. The summed E-state index contributed by atoms with van der Waals surface area (Å²) in [5, 5.41) is 18.9. The zero-order chi connectivity index (χ0) is 13.6.